The van der Waals surface area contributed by atoms with Crippen molar-refractivity contribution in [3.63, 3.8) is 0 Å². The predicted octanol–water partition coefficient (Wildman–Crippen LogP) is 3.84. The summed E-state index contributed by atoms with van der Waals surface area (Å²) in [7, 11) is 0. The van der Waals surface area contributed by atoms with E-state index < -0.39 is 17.6 Å². The minimum atomic E-state index is -1.03. The van der Waals surface area contributed by atoms with Gasteiger partial charge in [0.25, 0.3) is 0 Å². The zero-order valence-corrected chi connectivity index (χ0v) is 13.4. The molecule has 24 heavy (non-hydrogen) atoms. The van der Waals surface area contributed by atoms with Crippen LogP contribution in [0.3, 0.4) is 0 Å². The lowest BCUT2D eigenvalue weighted by atomic mass is 10.1. The molecule has 0 aliphatic carbocycles. The van der Waals surface area contributed by atoms with E-state index in [0.717, 1.165) is 23.8 Å². The van der Waals surface area contributed by atoms with Gasteiger partial charge in [0.05, 0.1) is 11.6 Å². The number of halogens is 3. The number of ether oxygens (including phenoxy) is 2. The van der Waals surface area contributed by atoms with Crippen LogP contribution in [0.4, 0.5) is 8.78 Å². The van der Waals surface area contributed by atoms with E-state index in [2.05, 4.69) is 0 Å². The van der Waals surface area contributed by atoms with Gasteiger partial charge in [0, 0.05) is 5.56 Å². The van der Waals surface area contributed by atoms with Crippen molar-refractivity contribution in [2.45, 2.75) is 13.0 Å². The molecule has 1 N–H and O–H groups in total. The Morgan fingerprint density at radius 1 is 1.17 bits per heavy atom. The summed E-state index contributed by atoms with van der Waals surface area (Å²) < 4.78 is 37.0. The quantitative estimate of drug-likeness (QED) is 0.730. The monoisotopic (exact) mass is 356 g/mol. The van der Waals surface area contributed by atoms with Gasteiger partial charge in [-0.15, -0.1) is 0 Å². The van der Waals surface area contributed by atoms with E-state index in [9.17, 15) is 13.6 Å². The van der Waals surface area contributed by atoms with Crippen LogP contribution in [-0.2, 0) is 22.6 Å². The van der Waals surface area contributed by atoms with Crippen LogP contribution in [-0.4, -0.2) is 24.3 Å². The summed E-state index contributed by atoms with van der Waals surface area (Å²) in [6, 6.07) is 8.16. The van der Waals surface area contributed by atoms with E-state index in [-0.39, 0.29) is 25.4 Å². The molecule has 0 radical (unpaired) electrons. The van der Waals surface area contributed by atoms with Gasteiger partial charge in [-0.3, -0.25) is 0 Å². The highest BCUT2D eigenvalue weighted by atomic mass is 35.5. The van der Waals surface area contributed by atoms with Gasteiger partial charge in [0.2, 0.25) is 0 Å². The molecule has 0 fully saturated rings. The molecule has 0 amide bonds. The fourth-order valence-corrected chi connectivity index (χ4v) is 2.23. The Morgan fingerprint density at radius 3 is 2.67 bits per heavy atom. The molecule has 2 rings (SSSR count). The molecule has 0 aliphatic heterocycles. The highest BCUT2D eigenvalue weighted by Crippen LogP contribution is 2.27. The summed E-state index contributed by atoms with van der Waals surface area (Å²) in [5.74, 6) is -1.78. The highest BCUT2D eigenvalue weighted by Gasteiger charge is 2.08. The number of carboxylic acid groups (broad SMARTS) is 1. The van der Waals surface area contributed by atoms with Crippen molar-refractivity contribution in [2.24, 2.45) is 0 Å². The first-order valence-corrected chi connectivity index (χ1v) is 7.48. The summed E-state index contributed by atoms with van der Waals surface area (Å²) in [6.45, 7) is -0.254. The van der Waals surface area contributed by atoms with Gasteiger partial charge in [0.15, 0.2) is 0 Å². The molecule has 4 nitrogen and oxygen atoms in total. The third kappa shape index (κ3) is 5.47. The summed E-state index contributed by atoms with van der Waals surface area (Å²) >= 11 is 6.10. The molecule has 0 bridgehead atoms. The Kier molecular flexibility index (Phi) is 6.52. The lowest BCUT2D eigenvalue weighted by molar-refractivity contribution is -0.142. The van der Waals surface area contributed by atoms with E-state index in [0.29, 0.717) is 17.2 Å². The second-order valence-corrected chi connectivity index (χ2v) is 5.39. The van der Waals surface area contributed by atoms with E-state index in [1.165, 1.54) is 0 Å². The fraction of sp³-hybridized carbons (Fsp3) is 0.235. The Labute approximate surface area is 142 Å². The molecule has 0 unspecified atom stereocenters. The van der Waals surface area contributed by atoms with Crippen LogP contribution in [0.2, 0.25) is 5.02 Å². The maximum Gasteiger partial charge on any atom is 0.329 e. The van der Waals surface area contributed by atoms with E-state index in [1.54, 1.807) is 18.2 Å². The van der Waals surface area contributed by atoms with Gasteiger partial charge in [-0.2, -0.15) is 0 Å². The van der Waals surface area contributed by atoms with Crippen molar-refractivity contribution in [3.8, 4) is 5.75 Å². The van der Waals surface area contributed by atoms with Gasteiger partial charge in [0.1, 0.15) is 30.6 Å². The second-order valence-electron chi connectivity index (χ2n) is 4.99. The van der Waals surface area contributed by atoms with Crippen LogP contribution < -0.4 is 4.74 Å². The number of rotatable bonds is 8. The largest absolute Gasteiger partial charge is 0.487 e. The number of aliphatic carboxylic acids is 1. The molecule has 2 aromatic carbocycles. The molecular formula is C17H15ClF2O4. The Balaban J connectivity index is 1.92. The molecule has 0 atom stereocenters. The first-order valence-electron chi connectivity index (χ1n) is 7.10. The maximum atomic E-state index is 13.5. The fourth-order valence-electron chi connectivity index (χ4n) is 1.98. The standard InChI is InChI=1S/C17H15ClF2O4/c18-14-7-11(5-6-23-10-17(21)22)1-4-16(14)24-9-12-8-13(19)2-3-15(12)20/h1-4,7-8H,5-6,9-10H2,(H,21,22). The Hall–Kier alpha value is -2.18. The number of carbonyl (C=O) groups is 1. The molecule has 0 aliphatic rings. The maximum absolute atomic E-state index is 13.5. The van der Waals surface area contributed by atoms with Crippen molar-refractivity contribution in [1.29, 1.82) is 0 Å². The first-order chi connectivity index (χ1) is 11.5. The van der Waals surface area contributed by atoms with Crippen LogP contribution >= 0.6 is 11.6 Å². The average molecular weight is 357 g/mol. The molecular weight excluding hydrogens is 342 g/mol. The Bertz CT molecular complexity index is 722. The molecule has 2 aromatic rings. The van der Waals surface area contributed by atoms with Gasteiger partial charge in [-0.05, 0) is 42.3 Å². The molecule has 0 spiro atoms. The van der Waals surface area contributed by atoms with E-state index >= 15 is 0 Å². The SMILES string of the molecule is O=C(O)COCCc1ccc(OCc2cc(F)ccc2F)c(Cl)c1. The average Bonchev–Trinajstić information content (AvgIpc) is 2.53. The van der Waals surface area contributed by atoms with E-state index in [4.69, 9.17) is 26.2 Å². The van der Waals surface area contributed by atoms with Crippen molar-refractivity contribution in [1.82, 2.24) is 0 Å². The Morgan fingerprint density at radius 2 is 1.96 bits per heavy atom. The normalized spacial score (nSPS) is 10.6. The molecule has 0 saturated heterocycles. The van der Waals surface area contributed by atoms with Crippen molar-refractivity contribution < 1.29 is 28.2 Å². The third-order valence-corrected chi connectivity index (χ3v) is 3.44. The number of hydrogen-bond acceptors (Lipinski definition) is 3. The number of hydrogen-bond donors (Lipinski definition) is 1. The molecule has 7 heteroatoms. The van der Waals surface area contributed by atoms with Crippen LogP contribution in [0.5, 0.6) is 5.75 Å². The molecule has 128 valence electrons. The topological polar surface area (TPSA) is 55.8 Å². The smallest absolute Gasteiger partial charge is 0.329 e. The lowest BCUT2D eigenvalue weighted by Gasteiger charge is -2.10. The highest BCUT2D eigenvalue weighted by molar-refractivity contribution is 6.32. The number of carboxylic acids is 1. The predicted molar refractivity (Wildman–Crippen MR) is 84.3 cm³/mol. The minimum Gasteiger partial charge on any atom is -0.487 e. The summed E-state index contributed by atoms with van der Waals surface area (Å²) in [5.41, 5.74) is 0.937. The van der Waals surface area contributed by atoms with Crippen LogP contribution in [0.15, 0.2) is 36.4 Å². The summed E-state index contributed by atoms with van der Waals surface area (Å²) in [5, 5.41) is 8.79. The third-order valence-electron chi connectivity index (χ3n) is 3.15. The van der Waals surface area contributed by atoms with Gasteiger partial charge in [-0.25, -0.2) is 13.6 Å². The minimum absolute atomic E-state index is 0.0946. The van der Waals surface area contributed by atoms with Crippen molar-refractivity contribution >= 4 is 17.6 Å². The van der Waals surface area contributed by atoms with Gasteiger partial charge < -0.3 is 14.6 Å². The second kappa shape index (κ2) is 8.61. The molecule has 0 heterocycles. The number of benzene rings is 2. The molecule has 0 saturated carbocycles. The lowest BCUT2D eigenvalue weighted by Crippen LogP contribution is -2.09. The summed E-state index contributed by atoms with van der Waals surface area (Å²) in [4.78, 5) is 10.3. The zero-order valence-electron chi connectivity index (χ0n) is 12.6. The first kappa shape index (κ1) is 18.2. The summed E-state index contributed by atoms with van der Waals surface area (Å²) in [6.07, 6.45) is 0.492. The van der Waals surface area contributed by atoms with Gasteiger partial charge in [-0.1, -0.05) is 17.7 Å². The van der Waals surface area contributed by atoms with Crippen LogP contribution in [0.25, 0.3) is 0 Å². The molecule has 0 aromatic heterocycles. The van der Waals surface area contributed by atoms with Crippen LogP contribution in [0, 0.1) is 11.6 Å². The van der Waals surface area contributed by atoms with E-state index in [1.807, 2.05) is 0 Å². The van der Waals surface area contributed by atoms with Crippen molar-refractivity contribution in [2.75, 3.05) is 13.2 Å². The van der Waals surface area contributed by atoms with Crippen LogP contribution in [0.1, 0.15) is 11.1 Å². The van der Waals surface area contributed by atoms with Crippen molar-refractivity contribution in [3.05, 3.63) is 64.2 Å². The zero-order chi connectivity index (χ0) is 17.5. The van der Waals surface area contributed by atoms with Gasteiger partial charge >= 0.3 is 5.97 Å².